The van der Waals surface area contributed by atoms with Gasteiger partial charge in [0.25, 0.3) is 0 Å². The van der Waals surface area contributed by atoms with Crippen molar-refractivity contribution in [2.24, 2.45) is 0 Å². The van der Waals surface area contributed by atoms with Gasteiger partial charge in [0.15, 0.2) is 11.5 Å². The molecule has 0 atom stereocenters. The highest BCUT2D eigenvalue weighted by molar-refractivity contribution is 5.88. The SMILES string of the molecule is COc1cc2cc(/C=C/c3ccc(C(=O)O)cc3)c(=O)oc2cc1OC. The monoisotopic (exact) mass is 352 g/mol. The largest absolute Gasteiger partial charge is 0.493 e. The number of methoxy groups -OCH3 is 2. The van der Waals surface area contributed by atoms with Gasteiger partial charge in [-0.2, -0.15) is 0 Å². The second kappa shape index (κ2) is 7.14. The van der Waals surface area contributed by atoms with E-state index in [-0.39, 0.29) is 5.56 Å². The van der Waals surface area contributed by atoms with Crippen molar-refractivity contribution in [2.45, 2.75) is 0 Å². The highest BCUT2D eigenvalue weighted by Crippen LogP contribution is 2.31. The third-order valence-electron chi connectivity index (χ3n) is 3.88. The lowest BCUT2D eigenvalue weighted by atomic mass is 10.1. The fraction of sp³-hybridized carbons (Fsp3) is 0.100. The van der Waals surface area contributed by atoms with E-state index in [1.807, 2.05) is 0 Å². The summed E-state index contributed by atoms with van der Waals surface area (Å²) in [5.41, 5.74) is 1.25. The minimum Gasteiger partial charge on any atom is -0.493 e. The molecule has 2 aromatic carbocycles. The number of carboxylic acids is 1. The molecule has 6 nitrogen and oxygen atoms in total. The summed E-state index contributed by atoms with van der Waals surface area (Å²) in [5, 5.41) is 9.61. The van der Waals surface area contributed by atoms with Crippen LogP contribution in [0, 0.1) is 0 Å². The highest BCUT2D eigenvalue weighted by atomic mass is 16.5. The van der Waals surface area contributed by atoms with E-state index in [0.717, 1.165) is 5.56 Å². The number of rotatable bonds is 5. The average Bonchev–Trinajstić information content (AvgIpc) is 2.65. The number of carbonyl (C=O) groups is 1. The predicted molar refractivity (Wildman–Crippen MR) is 97.9 cm³/mol. The van der Waals surface area contributed by atoms with Crippen LogP contribution in [0.15, 0.2) is 51.7 Å². The molecule has 0 spiro atoms. The Hall–Kier alpha value is -3.54. The van der Waals surface area contributed by atoms with Gasteiger partial charge in [-0.25, -0.2) is 9.59 Å². The number of hydrogen-bond acceptors (Lipinski definition) is 5. The molecule has 0 bridgehead atoms. The van der Waals surface area contributed by atoms with Crippen molar-refractivity contribution in [1.82, 2.24) is 0 Å². The van der Waals surface area contributed by atoms with Crippen LogP contribution in [-0.2, 0) is 0 Å². The molecule has 0 aliphatic carbocycles. The van der Waals surface area contributed by atoms with Crippen LogP contribution in [0.4, 0.5) is 0 Å². The van der Waals surface area contributed by atoms with E-state index in [2.05, 4.69) is 0 Å². The van der Waals surface area contributed by atoms with Crippen LogP contribution in [0.3, 0.4) is 0 Å². The van der Waals surface area contributed by atoms with Gasteiger partial charge in [0.2, 0.25) is 0 Å². The lowest BCUT2D eigenvalue weighted by Gasteiger charge is -2.08. The van der Waals surface area contributed by atoms with E-state index in [1.54, 1.807) is 42.5 Å². The molecular formula is C20H16O6. The maximum absolute atomic E-state index is 12.2. The topological polar surface area (TPSA) is 86.0 Å². The molecule has 0 saturated carbocycles. The molecule has 0 unspecified atom stereocenters. The standard InChI is InChI=1S/C20H16O6/c1-24-17-10-15-9-14(20(23)26-16(15)11-18(17)25-2)8-5-12-3-6-13(7-4-12)19(21)22/h3-11H,1-2H3,(H,21,22)/b8-5+. The Morgan fingerprint density at radius 1 is 1.00 bits per heavy atom. The third kappa shape index (κ3) is 3.44. The maximum atomic E-state index is 12.2. The Morgan fingerprint density at radius 2 is 1.65 bits per heavy atom. The molecule has 132 valence electrons. The van der Waals surface area contributed by atoms with Crippen LogP contribution in [0.5, 0.6) is 11.5 Å². The lowest BCUT2D eigenvalue weighted by Crippen LogP contribution is -2.03. The summed E-state index contributed by atoms with van der Waals surface area (Å²) in [7, 11) is 3.04. The van der Waals surface area contributed by atoms with Gasteiger partial charge in [-0.05, 0) is 35.9 Å². The molecule has 0 amide bonds. The Bertz CT molecular complexity index is 1040. The normalized spacial score (nSPS) is 11.0. The highest BCUT2D eigenvalue weighted by Gasteiger charge is 2.10. The molecule has 26 heavy (non-hydrogen) atoms. The Kier molecular flexibility index (Phi) is 4.75. The number of fused-ring (bicyclic) bond motifs is 1. The smallest absolute Gasteiger partial charge is 0.343 e. The van der Waals surface area contributed by atoms with Crippen molar-refractivity contribution < 1.29 is 23.8 Å². The van der Waals surface area contributed by atoms with E-state index in [9.17, 15) is 9.59 Å². The fourth-order valence-electron chi connectivity index (χ4n) is 2.50. The molecule has 6 heteroatoms. The second-order valence-corrected chi connectivity index (χ2v) is 5.49. The zero-order valence-electron chi connectivity index (χ0n) is 14.2. The van der Waals surface area contributed by atoms with Crippen molar-refractivity contribution >= 4 is 29.1 Å². The Labute approximate surface area is 148 Å². The Balaban J connectivity index is 1.98. The van der Waals surface area contributed by atoms with Crippen molar-refractivity contribution in [1.29, 1.82) is 0 Å². The first kappa shape index (κ1) is 17.3. The van der Waals surface area contributed by atoms with E-state index < -0.39 is 11.6 Å². The molecule has 3 rings (SSSR count). The number of aromatic carboxylic acids is 1. The number of ether oxygens (including phenoxy) is 2. The quantitative estimate of drug-likeness (QED) is 0.705. The molecule has 0 aliphatic heterocycles. The molecule has 1 N–H and O–H groups in total. The van der Waals surface area contributed by atoms with Gasteiger partial charge in [-0.1, -0.05) is 18.2 Å². The van der Waals surface area contributed by atoms with Gasteiger partial charge < -0.3 is 19.0 Å². The molecule has 0 fully saturated rings. The number of benzene rings is 2. The summed E-state index contributed by atoms with van der Waals surface area (Å²) < 4.78 is 15.8. The van der Waals surface area contributed by atoms with Crippen LogP contribution in [0.25, 0.3) is 23.1 Å². The minimum atomic E-state index is -0.986. The van der Waals surface area contributed by atoms with Crippen molar-refractivity contribution in [3.8, 4) is 11.5 Å². The maximum Gasteiger partial charge on any atom is 0.343 e. The minimum absolute atomic E-state index is 0.202. The fourth-order valence-corrected chi connectivity index (χ4v) is 2.50. The van der Waals surface area contributed by atoms with Crippen LogP contribution >= 0.6 is 0 Å². The van der Waals surface area contributed by atoms with Crippen LogP contribution < -0.4 is 15.1 Å². The van der Waals surface area contributed by atoms with E-state index >= 15 is 0 Å². The predicted octanol–water partition coefficient (Wildman–Crippen LogP) is 3.68. The van der Waals surface area contributed by atoms with E-state index in [0.29, 0.717) is 28.0 Å². The second-order valence-electron chi connectivity index (χ2n) is 5.49. The van der Waals surface area contributed by atoms with Gasteiger partial charge in [0.05, 0.1) is 25.3 Å². The zero-order chi connectivity index (χ0) is 18.7. The summed E-state index contributed by atoms with van der Waals surface area (Å²) in [4.78, 5) is 23.1. The van der Waals surface area contributed by atoms with Gasteiger partial charge in [0, 0.05) is 11.5 Å². The molecule has 1 aromatic heterocycles. The summed E-state index contributed by atoms with van der Waals surface area (Å²) >= 11 is 0. The van der Waals surface area contributed by atoms with Crippen molar-refractivity contribution in [3.63, 3.8) is 0 Å². The molecule has 1 heterocycles. The molecule has 3 aromatic rings. The lowest BCUT2D eigenvalue weighted by molar-refractivity contribution is 0.0697. The summed E-state index contributed by atoms with van der Waals surface area (Å²) in [6.07, 6.45) is 3.34. The summed E-state index contributed by atoms with van der Waals surface area (Å²) in [6.45, 7) is 0. The first-order valence-corrected chi connectivity index (χ1v) is 7.73. The molecular weight excluding hydrogens is 336 g/mol. The first-order valence-electron chi connectivity index (χ1n) is 7.73. The average molecular weight is 352 g/mol. The summed E-state index contributed by atoms with van der Waals surface area (Å²) in [6, 6.07) is 11.4. The van der Waals surface area contributed by atoms with Crippen molar-refractivity contribution in [3.05, 3.63) is 69.6 Å². The van der Waals surface area contributed by atoms with Gasteiger partial charge >= 0.3 is 11.6 Å². The first-order chi connectivity index (χ1) is 12.5. The van der Waals surface area contributed by atoms with Gasteiger partial charge in [0.1, 0.15) is 5.58 Å². The van der Waals surface area contributed by atoms with Crippen LogP contribution in [0.2, 0.25) is 0 Å². The van der Waals surface area contributed by atoms with Crippen LogP contribution in [-0.4, -0.2) is 25.3 Å². The molecule has 0 radical (unpaired) electrons. The molecule has 0 saturated heterocycles. The van der Waals surface area contributed by atoms with E-state index in [4.69, 9.17) is 19.0 Å². The zero-order valence-corrected chi connectivity index (χ0v) is 14.2. The number of carboxylic acid groups (broad SMARTS) is 1. The third-order valence-corrected chi connectivity index (χ3v) is 3.88. The van der Waals surface area contributed by atoms with Gasteiger partial charge in [-0.15, -0.1) is 0 Å². The van der Waals surface area contributed by atoms with Gasteiger partial charge in [-0.3, -0.25) is 0 Å². The molecule has 0 aliphatic rings. The Morgan fingerprint density at radius 3 is 2.27 bits per heavy atom. The summed E-state index contributed by atoms with van der Waals surface area (Å²) in [5.74, 6) is 0.0260. The van der Waals surface area contributed by atoms with Crippen molar-refractivity contribution in [2.75, 3.05) is 14.2 Å². The van der Waals surface area contributed by atoms with E-state index in [1.165, 1.54) is 26.4 Å². The van der Waals surface area contributed by atoms with Crippen LogP contribution in [0.1, 0.15) is 21.5 Å². The number of hydrogen-bond donors (Lipinski definition) is 1.